The first kappa shape index (κ1) is 14.6. The molecular formula is C9H5ClF5NO2. The van der Waals surface area contributed by atoms with Crippen LogP contribution in [0.1, 0.15) is 28.0 Å². The van der Waals surface area contributed by atoms with Crippen LogP contribution in [0.25, 0.3) is 0 Å². The van der Waals surface area contributed by atoms with Gasteiger partial charge in [-0.25, -0.2) is 13.8 Å². The Morgan fingerprint density at radius 1 is 1.44 bits per heavy atom. The molecule has 0 fully saturated rings. The number of rotatable bonds is 4. The number of aromatic nitrogens is 1. The van der Waals surface area contributed by atoms with E-state index in [-0.39, 0.29) is 11.8 Å². The van der Waals surface area contributed by atoms with Crippen LogP contribution in [0.2, 0.25) is 0 Å². The Kier molecular flexibility index (Phi) is 4.44. The monoisotopic (exact) mass is 289 g/mol. The highest BCUT2D eigenvalue weighted by Crippen LogP contribution is 2.29. The van der Waals surface area contributed by atoms with Gasteiger partial charge in [0, 0.05) is 17.2 Å². The third-order valence-electron chi connectivity index (χ3n) is 1.85. The van der Waals surface area contributed by atoms with E-state index < -0.39 is 35.8 Å². The lowest BCUT2D eigenvalue weighted by Crippen LogP contribution is -2.19. The van der Waals surface area contributed by atoms with Crippen LogP contribution in [-0.4, -0.2) is 17.6 Å². The zero-order valence-electron chi connectivity index (χ0n) is 8.47. The Hall–Kier alpha value is -1.44. The second-order valence-corrected chi connectivity index (χ2v) is 3.28. The highest BCUT2D eigenvalue weighted by molar-refractivity contribution is 6.17. The van der Waals surface area contributed by atoms with Crippen molar-refractivity contribution in [1.29, 1.82) is 0 Å². The maximum absolute atomic E-state index is 12.6. The number of carbonyl (C=O) groups is 1. The molecule has 0 aliphatic heterocycles. The SMILES string of the molecule is O=Cc1cc(OC(F)(F)F)nc(C(F)F)c1CCl. The molecule has 0 saturated heterocycles. The van der Waals surface area contributed by atoms with E-state index in [0.717, 1.165) is 0 Å². The van der Waals surface area contributed by atoms with Gasteiger partial charge in [-0.1, -0.05) is 0 Å². The highest BCUT2D eigenvalue weighted by atomic mass is 35.5. The van der Waals surface area contributed by atoms with Crippen LogP contribution in [0.15, 0.2) is 6.07 Å². The van der Waals surface area contributed by atoms with E-state index in [4.69, 9.17) is 11.6 Å². The van der Waals surface area contributed by atoms with Crippen LogP contribution in [0.5, 0.6) is 5.88 Å². The summed E-state index contributed by atoms with van der Waals surface area (Å²) in [5.41, 5.74) is -1.75. The van der Waals surface area contributed by atoms with Gasteiger partial charge in [0.15, 0.2) is 6.29 Å². The van der Waals surface area contributed by atoms with Crippen LogP contribution in [-0.2, 0) is 5.88 Å². The van der Waals surface area contributed by atoms with Crippen LogP contribution < -0.4 is 4.74 Å². The minimum absolute atomic E-state index is 0.106. The molecule has 1 rings (SSSR count). The van der Waals surface area contributed by atoms with E-state index in [1.54, 1.807) is 0 Å². The molecule has 1 aromatic heterocycles. The fourth-order valence-electron chi connectivity index (χ4n) is 1.19. The van der Waals surface area contributed by atoms with Crippen molar-refractivity contribution in [2.75, 3.05) is 0 Å². The molecule has 100 valence electrons. The molecule has 0 spiro atoms. The number of hydrogen-bond acceptors (Lipinski definition) is 3. The highest BCUT2D eigenvalue weighted by Gasteiger charge is 2.33. The van der Waals surface area contributed by atoms with Crippen molar-refractivity contribution in [3.05, 3.63) is 22.9 Å². The molecule has 0 aliphatic rings. The molecule has 9 heteroatoms. The van der Waals surface area contributed by atoms with Gasteiger partial charge < -0.3 is 4.74 Å². The van der Waals surface area contributed by atoms with Gasteiger partial charge in [0.05, 0.1) is 5.88 Å². The topological polar surface area (TPSA) is 39.2 Å². The molecule has 0 aromatic carbocycles. The standard InChI is InChI=1S/C9H5ClF5NO2/c10-2-5-4(3-17)1-6(18-9(13,14)15)16-7(5)8(11)12/h1,3,8H,2H2. The van der Waals surface area contributed by atoms with E-state index in [1.165, 1.54) is 0 Å². The van der Waals surface area contributed by atoms with E-state index in [9.17, 15) is 26.7 Å². The number of nitrogens with zero attached hydrogens (tertiary/aromatic N) is 1. The maximum atomic E-state index is 12.6. The van der Waals surface area contributed by atoms with Crippen molar-refractivity contribution in [2.45, 2.75) is 18.7 Å². The van der Waals surface area contributed by atoms with Crippen molar-refractivity contribution in [1.82, 2.24) is 4.98 Å². The normalized spacial score (nSPS) is 11.7. The number of hydrogen-bond donors (Lipinski definition) is 0. The molecule has 1 aromatic rings. The number of ether oxygens (including phenoxy) is 1. The van der Waals surface area contributed by atoms with Crippen molar-refractivity contribution >= 4 is 17.9 Å². The summed E-state index contributed by atoms with van der Waals surface area (Å²) in [7, 11) is 0. The van der Waals surface area contributed by atoms with Crippen molar-refractivity contribution < 1.29 is 31.5 Å². The average Bonchev–Trinajstić information content (AvgIpc) is 2.25. The second-order valence-electron chi connectivity index (χ2n) is 3.01. The quantitative estimate of drug-likeness (QED) is 0.484. The summed E-state index contributed by atoms with van der Waals surface area (Å²) >= 11 is 5.35. The Morgan fingerprint density at radius 3 is 2.44 bits per heavy atom. The van der Waals surface area contributed by atoms with Gasteiger partial charge in [-0.3, -0.25) is 4.79 Å². The smallest absolute Gasteiger partial charge is 0.388 e. The Balaban J connectivity index is 3.32. The molecular weight excluding hydrogens is 285 g/mol. The fourth-order valence-corrected chi connectivity index (χ4v) is 1.48. The van der Waals surface area contributed by atoms with Gasteiger partial charge in [-0.15, -0.1) is 24.8 Å². The lowest BCUT2D eigenvalue weighted by Gasteiger charge is -2.13. The number of alkyl halides is 6. The van der Waals surface area contributed by atoms with Crippen molar-refractivity contribution in [3.63, 3.8) is 0 Å². The van der Waals surface area contributed by atoms with Gasteiger partial charge in [-0.2, -0.15) is 0 Å². The fraction of sp³-hybridized carbons (Fsp3) is 0.333. The second kappa shape index (κ2) is 5.47. The van der Waals surface area contributed by atoms with Gasteiger partial charge in [0.25, 0.3) is 6.43 Å². The molecule has 0 saturated carbocycles. The van der Waals surface area contributed by atoms with Crippen LogP contribution in [0, 0.1) is 0 Å². The van der Waals surface area contributed by atoms with E-state index >= 15 is 0 Å². The largest absolute Gasteiger partial charge is 0.574 e. The van der Waals surface area contributed by atoms with Crippen LogP contribution >= 0.6 is 11.6 Å². The minimum atomic E-state index is -5.09. The Bertz CT molecular complexity index is 449. The van der Waals surface area contributed by atoms with E-state index in [0.29, 0.717) is 6.07 Å². The first-order valence-electron chi connectivity index (χ1n) is 4.37. The predicted molar refractivity (Wildman–Crippen MR) is 50.8 cm³/mol. The molecule has 1 heterocycles. The lowest BCUT2D eigenvalue weighted by molar-refractivity contribution is -0.276. The Morgan fingerprint density at radius 2 is 2.06 bits per heavy atom. The van der Waals surface area contributed by atoms with E-state index in [2.05, 4.69) is 9.72 Å². The van der Waals surface area contributed by atoms with Crippen molar-refractivity contribution in [3.8, 4) is 5.88 Å². The summed E-state index contributed by atoms with van der Waals surface area (Å²) < 4.78 is 64.3. The molecule has 0 aliphatic carbocycles. The van der Waals surface area contributed by atoms with Gasteiger partial charge in [0.1, 0.15) is 5.69 Å². The summed E-state index contributed by atoms with van der Waals surface area (Å²) in [6, 6.07) is 0.601. The summed E-state index contributed by atoms with van der Waals surface area (Å²) in [4.78, 5) is 13.6. The average molecular weight is 290 g/mol. The molecule has 0 unspecified atom stereocenters. The van der Waals surface area contributed by atoms with Gasteiger partial charge in [-0.05, 0) is 0 Å². The summed E-state index contributed by atoms with van der Waals surface area (Å²) in [5, 5.41) is 0. The molecule has 0 bridgehead atoms. The zero-order valence-corrected chi connectivity index (χ0v) is 9.23. The molecule has 0 N–H and O–H groups in total. The third kappa shape index (κ3) is 3.52. The molecule has 0 amide bonds. The first-order valence-corrected chi connectivity index (χ1v) is 4.90. The van der Waals surface area contributed by atoms with E-state index in [1.807, 2.05) is 0 Å². The molecule has 3 nitrogen and oxygen atoms in total. The summed E-state index contributed by atoms with van der Waals surface area (Å²) in [5.74, 6) is -1.61. The molecule has 18 heavy (non-hydrogen) atoms. The van der Waals surface area contributed by atoms with Crippen LogP contribution in [0.3, 0.4) is 0 Å². The van der Waals surface area contributed by atoms with Gasteiger partial charge in [0.2, 0.25) is 5.88 Å². The zero-order chi connectivity index (χ0) is 13.9. The Labute approximate surface area is 103 Å². The molecule has 0 radical (unpaired) electrons. The maximum Gasteiger partial charge on any atom is 0.574 e. The molecule has 0 atom stereocenters. The minimum Gasteiger partial charge on any atom is -0.388 e. The van der Waals surface area contributed by atoms with Crippen LogP contribution in [0.4, 0.5) is 22.0 Å². The van der Waals surface area contributed by atoms with Crippen molar-refractivity contribution in [2.24, 2.45) is 0 Å². The summed E-state index contributed by atoms with van der Waals surface area (Å²) in [6.07, 6.45) is -8.15. The summed E-state index contributed by atoms with van der Waals surface area (Å²) in [6.45, 7) is 0. The lowest BCUT2D eigenvalue weighted by atomic mass is 10.1. The number of pyridine rings is 1. The third-order valence-corrected chi connectivity index (χ3v) is 2.12. The number of halogens is 6. The predicted octanol–water partition coefficient (Wildman–Crippen LogP) is 3.47. The number of carbonyl (C=O) groups excluding carboxylic acids is 1. The number of aldehydes is 1. The van der Waals surface area contributed by atoms with Gasteiger partial charge >= 0.3 is 6.36 Å². The first-order chi connectivity index (χ1) is 8.28.